The van der Waals surface area contributed by atoms with E-state index in [4.69, 9.17) is 0 Å². The van der Waals surface area contributed by atoms with Crippen molar-refractivity contribution in [3.63, 3.8) is 0 Å². The van der Waals surface area contributed by atoms with Crippen molar-refractivity contribution < 1.29 is 0 Å². The maximum atomic E-state index is 2.38. The summed E-state index contributed by atoms with van der Waals surface area (Å²) in [4.78, 5) is 0. The Balaban J connectivity index is 4.19. The van der Waals surface area contributed by atoms with Crippen molar-refractivity contribution in [2.75, 3.05) is 0 Å². The maximum absolute atomic E-state index is 2.38. The van der Waals surface area contributed by atoms with Crippen LogP contribution in [0, 0.1) is 0 Å². The zero-order valence-electron chi connectivity index (χ0n) is 10.1. The molecule has 0 aliphatic rings. The van der Waals surface area contributed by atoms with Gasteiger partial charge in [-0.05, 0) is 0 Å². The second kappa shape index (κ2) is 8.13. The Morgan fingerprint density at radius 2 is 0.769 bits per heavy atom. The Bertz CT molecular complexity index is 80.2. The zero-order chi connectivity index (χ0) is 10.2. The van der Waals surface area contributed by atoms with Gasteiger partial charge in [0.1, 0.15) is 0 Å². The van der Waals surface area contributed by atoms with Crippen molar-refractivity contribution in [1.29, 1.82) is 0 Å². The molecule has 0 aliphatic carbocycles. The molecule has 0 atom stereocenters. The number of rotatable bonds is 8. The van der Waals surface area contributed by atoms with E-state index in [0.717, 1.165) is 0 Å². The molecule has 0 unspecified atom stereocenters. The summed E-state index contributed by atoms with van der Waals surface area (Å²) in [6, 6.07) is 0. The van der Waals surface area contributed by atoms with Gasteiger partial charge in [0.25, 0.3) is 0 Å². The fourth-order valence-corrected chi connectivity index (χ4v) is 15.7. The monoisotopic (exact) mass is 302 g/mol. The van der Waals surface area contributed by atoms with Crippen LogP contribution in [0.25, 0.3) is 0 Å². The minimum atomic E-state index is -1.35. The van der Waals surface area contributed by atoms with E-state index < -0.39 is 18.2 Å². The molecular weight excluding hydrogens is 272 g/mol. The summed E-state index contributed by atoms with van der Waals surface area (Å²) in [7, 11) is 0. The van der Waals surface area contributed by atoms with Gasteiger partial charge >= 0.3 is 89.4 Å². The third kappa shape index (κ3) is 5.28. The van der Waals surface area contributed by atoms with Crippen molar-refractivity contribution in [3.8, 4) is 0 Å². The van der Waals surface area contributed by atoms with Crippen LogP contribution in [-0.4, -0.2) is 18.2 Å². The van der Waals surface area contributed by atoms with Crippen LogP contribution in [0.3, 0.4) is 0 Å². The summed E-state index contributed by atoms with van der Waals surface area (Å²) < 4.78 is 6.55. The molecule has 0 rings (SSSR count). The molecule has 0 bridgehead atoms. The van der Waals surface area contributed by atoms with E-state index in [1.54, 1.807) is 17.9 Å². The summed E-state index contributed by atoms with van der Waals surface area (Å²) >= 11 is -1.35. The normalized spacial score (nSPS) is 13.2. The van der Waals surface area contributed by atoms with Gasteiger partial charge in [-0.3, -0.25) is 0 Å². The summed E-state index contributed by atoms with van der Waals surface area (Å²) in [5, 5.41) is 0. The van der Waals surface area contributed by atoms with Crippen molar-refractivity contribution in [2.24, 2.45) is 0 Å². The van der Waals surface area contributed by atoms with E-state index in [1.165, 1.54) is 25.7 Å². The SMILES string of the molecule is CCC[Te](CCC)(CCC)CCC. The standard InChI is InChI=1S/C12H28Te/c1-5-9-13(10-6-2,11-7-3)12-8-4/h5-12H2,1-4H3. The Morgan fingerprint density at radius 3 is 0.923 bits per heavy atom. The first-order valence-electron chi connectivity index (χ1n) is 5.98. The second-order valence-corrected chi connectivity index (χ2v) is 15.7. The summed E-state index contributed by atoms with van der Waals surface area (Å²) in [5.74, 6) is 0. The molecule has 82 valence electrons. The number of hydrogen-bond donors (Lipinski definition) is 0. The van der Waals surface area contributed by atoms with Crippen molar-refractivity contribution >= 4 is 18.2 Å². The molecule has 0 saturated heterocycles. The number of hydrogen-bond acceptors (Lipinski definition) is 0. The molecule has 0 spiro atoms. The molecule has 0 saturated carbocycles. The van der Waals surface area contributed by atoms with Crippen molar-refractivity contribution in [2.45, 2.75) is 71.3 Å². The molecule has 0 aromatic heterocycles. The summed E-state index contributed by atoms with van der Waals surface area (Å²) in [6.45, 7) is 9.51. The molecule has 0 fully saturated rings. The van der Waals surface area contributed by atoms with Crippen LogP contribution in [0.1, 0.15) is 53.4 Å². The molecule has 0 aliphatic heterocycles. The first-order chi connectivity index (χ1) is 6.24. The van der Waals surface area contributed by atoms with E-state index >= 15 is 0 Å². The average Bonchev–Trinajstić information content (AvgIpc) is 2.06. The predicted molar refractivity (Wildman–Crippen MR) is 66.1 cm³/mol. The Kier molecular flexibility index (Phi) is 8.62. The molecule has 0 aromatic carbocycles. The van der Waals surface area contributed by atoms with Gasteiger partial charge in [0.05, 0.1) is 0 Å². The van der Waals surface area contributed by atoms with Crippen LogP contribution in [0.4, 0.5) is 0 Å². The average molecular weight is 300 g/mol. The fraction of sp³-hybridized carbons (Fsp3) is 1.00. The molecule has 0 radical (unpaired) electrons. The van der Waals surface area contributed by atoms with Gasteiger partial charge in [-0.1, -0.05) is 0 Å². The third-order valence-corrected chi connectivity index (χ3v) is 17.1. The molecule has 0 amide bonds. The van der Waals surface area contributed by atoms with Gasteiger partial charge in [0.15, 0.2) is 0 Å². The first-order valence-corrected chi connectivity index (χ1v) is 12.6. The van der Waals surface area contributed by atoms with Crippen LogP contribution in [0.15, 0.2) is 0 Å². The zero-order valence-corrected chi connectivity index (χ0v) is 12.4. The van der Waals surface area contributed by atoms with E-state index in [9.17, 15) is 0 Å². The van der Waals surface area contributed by atoms with Crippen LogP contribution in [0.2, 0.25) is 17.9 Å². The van der Waals surface area contributed by atoms with E-state index in [0.29, 0.717) is 0 Å². The van der Waals surface area contributed by atoms with E-state index in [1.807, 2.05) is 0 Å². The Labute approximate surface area is 89.3 Å². The molecule has 0 nitrogen and oxygen atoms in total. The summed E-state index contributed by atoms with van der Waals surface area (Å²) in [6.07, 6.45) is 5.78. The minimum absolute atomic E-state index is 1.35. The van der Waals surface area contributed by atoms with Crippen molar-refractivity contribution in [1.82, 2.24) is 0 Å². The van der Waals surface area contributed by atoms with Gasteiger partial charge in [-0.2, -0.15) is 0 Å². The summed E-state index contributed by atoms with van der Waals surface area (Å²) in [5.41, 5.74) is 0. The Morgan fingerprint density at radius 1 is 0.538 bits per heavy atom. The predicted octanol–water partition coefficient (Wildman–Crippen LogP) is 5.08. The quantitative estimate of drug-likeness (QED) is 0.549. The van der Waals surface area contributed by atoms with Gasteiger partial charge in [0.2, 0.25) is 0 Å². The van der Waals surface area contributed by atoms with Crippen LogP contribution in [-0.2, 0) is 0 Å². The van der Waals surface area contributed by atoms with Crippen molar-refractivity contribution in [3.05, 3.63) is 0 Å². The molecule has 0 heterocycles. The van der Waals surface area contributed by atoms with Crippen LogP contribution in [0.5, 0.6) is 0 Å². The molecule has 0 N–H and O–H groups in total. The molecule has 1 heteroatoms. The van der Waals surface area contributed by atoms with Gasteiger partial charge < -0.3 is 0 Å². The van der Waals surface area contributed by atoms with E-state index in [2.05, 4.69) is 27.7 Å². The third-order valence-electron chi connectivity index (χ3n) is 2.55. The fourth-order valence-electron chi connectivity index (χ4n) is 2.34. The molecule has 13 heavy (non-hydrogen) atoms. The van der Waals surface area contributed by atoms with E-state index in [-0.39, 0.29) is 0 Å². The Hall–Kier alpha value is 0.790. The van der Waals surface area contributed by atoms with Gasteiger partial charge in [-0.25, -0.2) is 0 Å². The molecular formula is C12H28Te. The molecule has 0 aromatic rings. The van der Waals surface area contributed by atoms with Gasteiger partial charge in [-0.15, -0.1) is 0 Å². The second-order valence-electron chi connectivity index (χ2n) is 4.04. The van der Waals surface area contributed by atoms with Crippen LogP contribution < -0.4 is 0 Å². The van der Waals surface area contributed by atoms with Crippen LogP contribution >= 0.6 is 0 Å². The van der Waals surface area contributed by atoms with Gasteiger partial charge in [0, 0.05) is 0 Å². The topological polar surface area (TPSA) is 0 Å². The first kappa shape index (κ1) is 13.8.